The minimum absolute atomic E-state index is 0.00367. The van der Waals surface area contributed by atoms with Crippen molar-refractivity contribution in [1.82, 2.24) is 9.78 Å². The van der Waals surface area contributed by atoms with Crippen molar-refractivity contribution in [3.05, 3.63) is 28.4 Å². The summed E-state index contributed by atoms with van der Waals surface area (Å²) in [5.41, 5.74) is 1.41. The van der Waals surface area contributed by atoms with E-state index in [1.165, 1.54) is 10.7 Å². The highest BCUT2D eigenvalue weighted by atomic mass is 79.9. The molecule has 0 bridgehead atoms. The first-order valence-electron chi connectivity index (χ1n) is 7.31. The van der Waals surface area contributed by atoms with E-state index in [4.69, 9.17) is 14.6 Å². The highest BCUT2D eigenvalue weighted by Crippen LogP contribution is 2.43. The molecule has 0 saturated heterocycles. The number of rotatable bonds is 5. The fourth-order valence-electron chi connectivity index (χ4n) is 2.51. The van der Waals surface area contributed by atoms with Gasteiger partial charge in [-0.3, -0.25) is 4.68 Å². The Morgan fingerprint density at radius 3 is 2.65 bits per heavy atom. The molecule has 1 aliphatic rings. The van der Waals surface area contributed by atoms with E-state index in [-0.39, 0.29) is 11.8 Å². The fraction of sp³-hybridized carbons (Fsp3) is 0.375. The second-order valence-corrected chi connectivity index (χ2v) is 6.41. The fourth-order valence-corrected chi connectivity index (χ4v) is 2.95. The predicted molar refractivity (Wildman–Crippen MR) is 88.1 cm³/mol. The Labute approximate surface area is 142 Å². The van der Waals surface area contributed by atoms with Crippen LogP contribution in [0.25, 0.3) is 11.3 Å². The van der Waals surface area contributed by atoms with Gasteiger partial charge in [-0.2, -0.15) is 5.10 Å². The van der Waals surface area contributed by atoms with Crippen molar-refractivity contribution in [3.63, 3.8) is 0 Å². The molecule has 7 heteroatoms. The molecule has 0 spiro atoms. The van der Waals surface area contributed by atoms with E-state index in [9.17, 15) is 4.79 Å². The maximum absolute atomic E-state index is 11.2. The molecule has 1 aliphatic carbocycles. The van der Waals surface area contributed by atoms with E-state index in [2.05, 4.69) is 21.0 Å². The van der Waals surface area contributed by atoms with Crippen LogP contribution in [0.15, 0.2) is 22.7 Å². The number of aromatic carboxylic acids is 1. The third-order valence-corrected chi connectivity index (χ3v) is 4.41. The molecular formula is C16H17BrN2O4. The summed E-state index contributed by atoms with van der Waals surface area (Å²) >= 11 is 3.46. The number of carboxylic acids is 1. The number of carboxylic acid groups (broad SMARTS) is 1. The van der Waals surface area contributed by atoms with E-state index in [0.29, 0.717) is 17.2 Å². The number of hydrogen-bond donors (Lipinski definition) is 1. The lowest BCUT2D eigenvalue weighted by Gasteiger charge is -2.28. The number of methoxy groups -OCH3 is 1. The van der Waals surface area contributed by atoms with Gasteiger partial charge in [0.1, 0.15) is 0 Å². The number of nitrogens with zero attached hydrogens (tertiary/aromatic N) is 2. The SMILES string of the molecule is COc1cc(Br)cc(-c2cc(C(=O)O)nn2C)c1OC1CCC1. The average Bonchev–Trinajstić information content (AvgIpc) is 2.85. The van der Waals surface area contributed by atoms with Crippen LogP contribution in [0, 0.1) is 0 Å². The molecule has 0 amide bonds. The summed E-state index contributed by atoms with van der Waals surface area (Å²) in [4.78, 5) is 11.2. The van der Waals surface area contributed by atoms with Crippen LogP contribution < -0.4 is 9.47 Å². The molecule has 23 heavy (non-hydrogen) atoms. The van der Waals surface area contributed by atoms with Gasteiger partial charge in [0, 0.05) is 17.1 Å². The third-order valence-electron chi connectivity index (χ3n) is 3.95. The zero-order valence-corrected chi connectivity index (χ0v) is 14.5. The average molecular weight is 381 g/mol. The van der Waals surface area contributed by atoms with Crippen molar-refractivity contribution in [2.24, 2.45) is 7.05 Å². The van der Waals surface area contributed by atoms with E-state index in [0.717, 1.165) is 29.3 Å². The molecule has 1 aromatic heterocycles. The number of carbonyl (C=O) groups is 1. The molecule has 0 aliphatic heterocycles. The molecule has 122 valence electrons. The molecule has 1 saturated carbocycles. The van der Waals surface area contributed by atoms with Crippen LogP contribution in [0.2, 0.25) is 0 Å². The minimum Gasteiger partial charge on any atom is -0.493 e. The highest BCUT2D eigenvalue weighted by Gasteiger charge is 2.25. The summed E-state index contributed by atoms with van der Waals surface area (Å²) in [6.07, 6.45) is 3.37. The monoisotopic (exact) mass is 380 g/mol. The number of aromatic nitrogens is 2. The van der Waals surface area contributed by atoms with E-state index < -0.39 is 5.97 Å². The Morgan fingerprint density at radius 2 is 2.13 bits per heavy atom. The Balaban J connectivity index is 2.12. The lowest BCUT2D eigenvalue weighted by molar-refractivity contribution is 0.0689. The van der Waals surface area contributed by atoms with E-state index in [1.54, 1.807) is 14.2 Å². The molecule has 1 N–H and O–H groups in total. The van der Waals surface area contributed by atoms with Crippen molar-refractivity contribution in [2.45, 2.75) is 25.4 Å². The molecule has 1 heterocycles. The van der Waals surface area contributed by atoms with Gasteiger partial charge in [0.2, 0.25) is 0 Å². The van der Waals surface area contributed by atoms with Crippen LogP contribution in [0.3, 0.4) is 0 Å². The third kappa shape index (κ3) is 3.06. The number of hydrogen-bond acceptors (Lipinski definition) is 4. The topological polar surface area (TPSA) is 73.6 Å². The summed E-state index contributed by atoms with van der Waals surface area (Å²) in [5.74, 6) is 0.176. The van der Waals surface area contributed by atoms with Crippen LogP contribution in [-0.4, -0.2) is 34.1 Å². The largest absolute Gasteiger partial charge is 0.493 e. The van der Waals surface area contributed by atoms with Crippen LogP contribution in [0.4, 0.5) is 0 Å². The quantitative estimate of drug-likeness (QED) is 0.859. The van der Waals surface area contributed by atoms with Crippen molar-refractivity contribution < 1.29 is 19.4 Å². The van der Waals surface area contributed by atoms with Gasteiger partial charge in [-0.1, -0.05) is 15.9 Å². The summed E-state index contributed by atoms with van der Waals surface area (Å²) in [5, 5.41) is 13.2. The van der Waals surface area contributed by atoms with Crippen molar-refractivity contribution in [2.75, 3.05) is 7.11 Å². The van der Waals surface area contributed by atoms with Crippen molar-refractivity contribution in [1.29, 1.82) is 0 Å². The van der Waals surface area contributed by atoms with Gasteiger partial charge in [0.05, 0.1) is 18.9 Å². The van der Waals surface area contributed by atoms with Crippen molar-refractivity contribution >= 4 is 21.9 Å². The van der Waals surface area contributed by atoms with Crippen molar-refractivity contribution in [3.8, 4) is 22.8 Å². The van der Waals surface area contributed by atoms with Crippen LogP contribution >= 0.6 is 15.9 Å². The standard InChI is InChI=1S/C16H17BrN2O4/c1-19-13(8-12(18-19)16(20)21)11-6-9(17)7-14(22-2)15(11)23-10-4-3-5-10/h6-8,10H,3-5H2,1-2H3,(H,20,21). The van der Waals surface area contributed by atoms with Gasteiger partial charge in [0.15, 0.2) is 17.2 Å². The Hall–Kier alpha value is -2.02. The van der Waals surface area contributed by atoms with Gasteiger partial charge in [0.25, 0.3) is 0 Å². The first-order chi connectivity index (χ1) is 11.0. The second kappa shape index (κ2) is 6.23. The smallest absolute Gasteiger partial charge is 0.356 e. The molecule has 6 nitrogen and oxygen atoms in total. The highest BCUT2D eigenvalue weighted by molar-refractivity contribution is 9.10. The van der Waals surface area contributed by atoms with Gasteiger partial charge in [-0.25, -0.2) is 4.79 Å². The first-order valence-corrected chi connectivity index (χ1v) is 8.10. The predicted octanol–water partition coefficient (Wildman–Crippen LogP) is 3.49. The Kier molecular flexibility index (Phi) is 4.30. The number of aryl methyl sites for hydroxylation is 1. The van der Waals surface area contributed by atoms with Crippen LogP contribution in [-0.2, 0) is 7.05 Å². The zero-order chi connectivity index (χ0) is 16.6. The molecule has 2 aromatic rings. The van der Waals surface area contributed by atoms with Gasteiger partial charge in [-0.05, 0) is 37.5 Å². The van der Waals surface area contributed by atoms with Crippen LogP contribution in [0.5, 0.6) is 11.5 Å². The van der Waals surface area contributed by atoms with Crippen LogP contribution in [0.1, 0.15) is 29.8 Å². The maximum Gasteiger partial charge on any atom is 0.356 e. The molecule has 0 atom stereocenters. The molecule has 1 fully saturated rings. The molecule has 1 aromatic carbocycles. The van der Waals surface area contributed by atoms with E-state index >= 15 is 0 Å². The summed E-state index contributed by atoms with van der Waals surface area (Å²) in [7, 11) is 3.30. The first kappa shape index (κ1) is 15.9. The Bertz CT molecular complexity index is 753. The Morgan fingerprint density at radius 1 is 1.39 bits per heavy atom. The number of halogens is 1. The van der Waals surface area contributed by atoms with Gasteiger partial charge < -0.3 is 14.6 Å². The molecule has 3 rings (SSSR count). The number of ether oxygens (including phenoxy) is 2. The summed E-state index contributed by atoms with van der Waals surface area (Å²) in [6.45, 7) is 0. The summed E-state index contributed by atoms with van der Waals surface area (Å²) in [6, 6.07) is 5.27. The van der Waals surface area contributed by atoms with Gasteiger partial charge in [-0.15, -0.1) is 0 Å². The minimum atomic E-state index is -1.06. The zero-order valence-electron chi connectivity index (χ0n) is 12.9. The lowest BCUT2D eigenvalue weighted by atomic mass is 9.96. The van der Waals surface area contributed by atoms with Gasteiger partial charge >= 0.3 is 5.97 Å². The van der Waals surface area contributed by atoms with E-state index in [1.807, 2.05) is 12.1 Å². The molecular weight excluding hydrogens is 364 g/mol. The normalized spacial score (nSPS) is 14.4. The second-order valence-electron chi connectivity index (χ2n) is 5.50. The summed E-state index contributed by atoms with van der Waals surface area (Å²) < 4.78 is 13.9. The molecule has 0 radical (unpaired) electrons. The molecule has 0 unspecified atom stereocenters. The number of benzene rings is 1. The maximum atomic E-state index is 11.2. The lowest BCUT2D eigenvalue weighted by Crippen LogP contribution is -2.25.